The monoisotopic (exact) mass is 366 g/mol. The predicted molar refractivity (Wildman–Crippen MR) is 80.9 cm³/mol. The molecule has 1 aliphatic heterocycles. The topological polar surface area (TPSA) is 75.7 Å². The summed E-state index contributed by atoms with van der Waals surface area (Å²) < 4.78 is 64.8. The number of nitrogens with zero attached hydrogens (tertiary/aromatic N) is 1. The van der Waals surface area contributed by atoms with Gasteiger partial charge in [0.05, 0.1) is 12.2 Å². The number of alkyl halides is 3. The molecule has 1 unspecified atom stereocenters. The standard InChI is InChI=1S/C14H17F3N2O4S/c1-24(21,22)19-7-3-4-10(9-19)13(20)18-11-5-2-6-12(8-11)23-14(15,16)17/h2,5-6,8,10H,3-4,7,9H2,1H3,(H,18,20). The van der Waals surface area contributed by atoms with E-state index in [2.05, 4.69) is 10.1 Å². The molecule has 1 atom stereocenters. The number of hydrogen-bond acceptors (Lipinski definition) is 4. The van der Waals surface area contributed by atoms with Crippen molar-refractivity contribution in [1.82, 2.24) is 4.31 Å². The van der Waals surface area contributed by atoms with E-state index in [0.717, 1.165) is 18.4 Å². The van der Waals surface area contributed by atoms with E-state index in [9.17, 15) is 26.4 Å². The second-order valence-corrected chi connectivity index (χ2v) is 7.51. The molecule has 1 N–H and O–H groups in total. The molecule has 1 fully saturated rings. The van der Waals surface area contributed by atoms with Crippen molar-refractivity contribution in [1.29, 1.82) is 0 Å². The average Bonchev–Trinajstić information content (AvgIpc) is 2.45. The molecule has 0 aliphatic carbocycles. The number of hydrogen-bond donors (Lipinski definition) is 1. The van der Waals surface area contributed by atoms with Crippen molar-refractivity contribution in [3.05, 3.63) is 24.3 Å². The fourth-order valence-electron chi connectivity index (χ4n) is 2.47. The Morgan fingerprint density at radius 3 is 2.71 bits per heavy atom. The Balaban J connectivity index is 2.03. The molecule has 24 heavy (non-hydrogen) atoms. The largest absolute Gasteiger partial charge is 0.573 e. The zero-order valence-electron chi connectivity index (χ0n) is 12.8. The first-order valence-corrected chi connectivity index (χ1v) is 9.01. The second kappa shape index (κ2) is 6.98. The summed E-state index contributed by atoms with van der Waals surface area (Å²) in [7, 11) is -3.38. The third-order valence-electron chi connectivity index (χ3n) is 3.56. The highest BCUT2D eigenvalue weighted by Crippen LogP contribution is 2.26. The Hall–Kier alpha value is -1.81. The van der Waals surface area contributed by atoms with Gasteiger partial charge in [0.25, 0.3) is 0 Å². The minimum absolute atomic E-state index is 0.0589. The summed E-state index contributed by atoms with van der Waals surface area (Å²) in [5.41, 5.74) is 0.151. The summed E-state index contributed by atoms with van der Waals surface area (Å²) in [4.78, 5) is 12.2. The van der Waals surface area contributed by atoms with Crippen molar-refractivity contribution in [2.75, 3.05) is 24.7 Å². The van der Waals surface area contributed by atoms with Gasteiger partial charge < -0.3 is 10.1 Å². The van der Waals surface area contributed by atoms with Crippen LogP contribution < -0.4 is 10.1 Å². The molecule has 10 heteroatoms. The van der Waals surface area contributed by atoms with E-state index in [0.29, 0.717) is 19.4 Å². The lowest BCUT2D eigenvalue weighted by Gasteiger charge is -2.30. The lowest BCUT2D eigenvalue weighted by Crippen LogP contribution is -2.43. The Kier molecular flexibility index (Phi) is 5.38. The van der Waals surface area contributed by atoms with Crippen LogP contribution in [-0.4, -0.2) is 44.3 Å². The van der Waals surface area contributed by atoms with Gasteiger partial charge in [0.15, 0.2) is 0 Å². The smallest absolute Gasteiger partial charge is 0.406 e. The van der Waals surface area contributed by atoms with E-state index < -0.39 is 34.0 Å². The molecule has 0 radical (unpaired) electrons. The lowest BCUT2D eigenvalue weighted by atomic mass is 9.98. The van der Waals surface area contributed by atoms with E-state index >= 15 is 0 Å². The maximum absolute atomic E-state index is 12.2. The number of nitrogens with one attached hydrogen (secondary N) is 1. The molecule has 6 nitrogen and oxygen atoms in total. The molecule has 1 aromatic carbocycles. The van der Waals surface area contributed by atoms with Crippen LogP contribution in [0.3, 0.4) is 0 Å². The molecule has 1 aromatic rings. The number of piperidine rings is 1. The first kappa shape index (κ1) is 18.5. The zero-order valence-corrected chi connectivity index (χ0v) is 13.7. The molecule has 2 rings (SSSR count). The molecule has 0 spiro atoms. The Bertz CT molecular complexity index is 706. The van der Waals surface area contributed by atoms with E-state index in [4.69, 9.17) is 0 Å². The summed E-state index contributed by atoms with van der Waals surface area (Å²) in [6, 6.07) is 4.93. The molecule has 134 valence electrons. The van der Waals surface area contributed by atoms with Crippen molar-refractivity contribution in [3.8, 4) is 5.75 Å². The van der Waals surface area contributed by atoms with Gasteiger partial charge in [-0.05, 0) is 25.0 Å². The van der Waals surface area contributed by atoms with E-state index in [1.54, 1.807) is 0 Å². The van der Waals surface area contributed by atoms with Gasteiger partial charge >= 0.3 is 6.36 Å². The highest BCUT2D eigenvalue weighted by atomic mass is 32.2. The van der Waals surface area contributed by atoms with Crippen LogP contribution in [0.2, 0.25) is 0 Å². The first-order chi connectivity index (χ1) is 11.0. The van der Waals surface area contributed by atoms with Crippen molar-refractivity contribution in [2.45, 2.75) is 19.2 Å². The highest BCUT2D eigenvalue weighted by molar-refractivity contribution is 7.88. The minimum Gasteiger partial charge on any atom is -0.406 e. The third-order valence-corrected chi connectivity index (χ3v) is 4.83. The zero-order chi connectivity index (χ0) is 18.0. The summed E-state index contributed by atoms with van der Waals surface area (Å²) >= 11 is 0. The summed E-state index contributed by atoms with van der Waals surface area (Å²) in [6.07, 6.45) is -2.69. The number of rotatable bonds is 4. The van der Waals surface area contributed by atoms with Crippen molar-refractivity contribution < 1.29 is 31.1 Å². The van der Waals surface area contributed by atoms with Crippen LogP contribution in [0.5, 0.6) is 5.75 Å². The normalized spacial score (nSPS) is 19.8. The van der Waals surface area contributed by atoms with Crippen molar-refractivity contribution >= 4 is 21.6 Å². The molecular weight excluding hydrogens is 349 g/mol. The number of carbonyl (C=O) groups is 1. The Labute approximate surface area is 137 Å². The number of amides is 1. The minimum atomic E-state index is -4.82. The first-order valence-electron chi connectivity index (χ1n) is 7.16. The maximum atomic E-state index is 12.2. The van der Waals surface area contributed by atoms with Crippen molar-refractivity contribution in [3.63, 3.8) is 0 Å². The number of anilines is 1. The van der Waals surface area contributed by atoms with Crippen LogP contribution in [0.1, 0.15) is 12.8 Å². The quantitative estimate of drug-likeness (QED) is 0.886. The van der Waals surface area contributed by atoms with E-state index in [-0.39, 0.29) is 12.2 Å². The summed E-state index contributed by atoms with van der Waals surface area (Å²) in [5, 5.41) is 2.50. The van der Waals surface area contributed by atoms with Crippen LogP contribution in [0, 0.1) is 5.92 Å². The molecule has 1 amide bonds. The summed E-state index contributed by atoms with van der Waals surface area (Å²) in [5.74, 6) is -1.44. The predicted octanol–water partition coefficient (Wildman–Crippen LogP) is 2.20. The van der Waals surface area contributed by atoms with Crippen LogP contribution in [0.15, 0.2) is 24.3 Å². The van der Waals surface area contributed by atoms with E-state index in [1.165, 1.54) is 16.4 Å². The molecule has 1 aliphatic rings. The van der Waals surface area contributed by atoms with Gasteiger partial charge in [-0.3, -0.25) is 4.79 Å². The fourth-order valence-corrected chi connectivity index (χ4v) is 3.38. The molecule has 0 bridgehead atoms. The molecule has 1 saturated heterocycles. The van der Waals surface area contributed by atoms with Gasteiger partial charge in [-0.2, -0.15) is 0 Å². The Morgan fingerprint density at radius 2 is 2.08 bits per heavy atom. The maximum Gasteiger partial charge on any atom is 0.573 e. The van der Waals surface area contributed by atoms with Gasteiger partial charge in [-0.15, -0.1) is 13.2 Å². The molecular formula is C14H17F3N2O4S. The van der Waals surface area contributed by atoms with Gasteiger partial charge in [0.2, 0.25) is 15.9 Å². The molecule has 0 aromatic heterocycles. The fraction of sp³-hybridized carbons (Fsp3) is 0.500. The second-order valence-electron chi connectivity index (χ2n) is 5.53. The van der Waals surface area contributed by atoms with Crippen molar-refractivity contribution in [2.24, 2.45) is 5.92 Å². The number of ether oxygens (including phenoxy) is 1. The number of sulfonamides is 1. The highest BCUT2D eigenvalue weighted by Gasteiger charge is 2.32. The molecule has 1 heterocycles. The Morgan fingerprint density at radius 1 is 1.38 bits per heavy atom. The molecule has 0 saturated carbocycles. The van der Waals surface area contributed by atoms with E-state index in [1.807, 2.05) is 0 Å². The van der Waals surface area contributed by atoms with Crippen LogP contribution in [0.25, 0.3) is 0 Å². The van der Waals surface area contributed by atoms with Crippen LogP contribution in [-0.2, 0) is 14.8 Å². The van der Waals surface area contributed by atoms with Crippen LogP contribution >= 0.6 is 0 Å². The van der Waals surface area contributed by atoms with Gasteiger partial charge in [-0.25, -0.2) is 12.7 Å². The van der Waals surface area contributed by atoms with Gasteiger partial charge in [-0.1, -0.05) is 6.07 Å². The van der Waals surface area contributed by atoms with Gasteiger partial charge in [0, 0.05) is 24.8 Å². The van der Waals surface area contributed by atoms with Crippen LogP contribution in [0.4, 0.5) is 18.9 Å². The summed E-state index contributed by atoms with van der Waals surface area (Å²) in [6.45, 7) is 0.418. The number of benzene rings is 1. The van der Waals surface area contributed by atoms with Gasteiger partial charge in [0.1, 0.15) is 5.75 Å². The average molecular weight is 366 g/mol. The SMILES string of the molecule is CS(=O)(=O)N1CCCC(C(=O)Nc2cccc(OC(F)(F)F)c2)C1. The number of halogens is 3. The number of carbonyl (C=O) groups excluding carboxylic acids is 1. The lowest BCUT2D eigenvalue weighted by molar-refractivity contribution is -0.274. The third kappa shape index (κ3) is 5.38.